The first-order chi connectivity index (χ1) is 12.6. The number of rotatable bonds is 10. The predicted molar refractivity (Wildman–Crippen MR) is 94.4 cm³/mol. The van der Waals surface area contributed by atoms with Crippen molar-refractivity contribution in [1.29, 1.82) is 0 Å². The SMILES string of the molecule is O=C(O)CCCN(Cc1ccccc1)C(=O)CCNC(=O)c1ccco1. The second kappa shape index (κ2) is 10.0. The average molecular weight is 358 g/mol. The van der Waals surface area contributed by atoms with Gasteiger partial charge < -0.3 is 19.7 Å². The Hall–Kier alpha value is -3.09. The van der Waals surface area contributed by atoms with Crippen LogP contribution >= 0.6 is 0 Å². The number of carboxylic acids is 1. The van der Waals surface area contributed by atoms with Crippen LogP contribution in [0.25, 0.3) is 0 Å². The van der Waals surface area contributed by atoms with E-state index in [1.807, 2.05) is 30.3 Å². The lowest BCUT2D eigenvalue weighted by Crippen LogP contribution is -2.35. The number of hydrogen-bond donors (Lipinski definition) is 2. The first-order valence-electron chi connectivity index (χ1n) is 8.41. The van der Waals surface area contributed by atoms with Gasteiger partial charge in [0.05, 0.1) is 6.26 Å². The highest BCUT2D eigenvalue weighted by atomic mass is 16.4. The molecule has 2 rings (SSSR count). The molecule has 0 saturated heterocycles. The third-order valence-electron chi connectivity index (χ3n) is 3.76. The zero-order chi connectivity index (χ0) is 18.8. The summed E-state index contributed by atoms with van der Waals surface area (Å²) in [6.07, 6.45) is 1.93. The number of amides is 2. The quantitative estimate of drug-likeness (QED) is 0.679. The van der Waals surface area contributed by atoms with Crippen LogP contribution in [0.3, 0.4) is 0 Å². The third-order valence-corrected chi connectivity index (χ3v) is 3.76. The molecule has 0 saturated carbocycles. The van der Waals surface area contributed by atoms with Crippen LogP contribution in [0, 0.1) is 0 Å². The zero-order valence-corrected chi connectivity index (χ0v) is 14.4. The summed E-state index contributed by atoms with van der Waals surface area (Å²) in [6, 6.07) is 12.7. The second-order valence-electron chi connectivity index (χ2n) is 5.78. The van der Waals surface area contributed by atoms with Gasteiger partial charge >= 0.3 is 5.97 Å². The van der Waals surface area contributed by atoms with E-state index in [1.165, 1.54) is 6.26 Å². The van der Waals surface area contributed by atoms with Crippen LogP contribution in [-0.4, -0.2) is 40.9 Å². The molecule has 138 valence electrons. The van der Waals surface area contributed by atoms with Crippen molar-refractivity contribution < 1.29 is 23.9 Å². The van der Waals surface area contributed by atoms with Crippen molar-refractivity contribution in [3.63, 3.8) is 0 Å². The maximum atomic E-state index is 12.5. The van der Waals surface area contributed by atoms with Crippen molar-refractivity contribution >= 4 is 17.8 Å². The lowest BCUT2D eigenvalue weighted by molar-refractivity contribution is -0.138. The van der Waals surface area contributed by atoms with Crippen molar-refractivity contribution in [3.05, 3.63) is 60.1 Å². The van der Waals surface area contributed by atoms with Gasteiger partial charge in [-0.1, -0.05) is 30.3 Å². The molecule has 0 aliphatic heterocycles. The van der Waals surface area contributed by atoms with Crippen molar-refractivity contribution in [3.8, 4) is 0 Å². The van der Waals surface area contributed by atoms with E-state index in [0.29, 0.717) is 19.5 Å². The van der Waals surface area contributed by atoms with E-state index >= 15 is 0 Å². The number of nitrogens with one attached hydrogen (secondary N) is 1. The summed E-state index contributed by atoms with van der Waals surface area (Å²) in [4.78, 5) is 36.6. The second-order valence-corrected chi connectivity index (χ2v) is 5.78. The van der Waals surface area contributed by atoms with E-state index in [4.69, 9.17) is 9.52 Å². The molecule has 1 aromatic carbocycles. The van der Waals surface area contributed by atoms with E-state index in [9.17, 15) is 14.4 Å². The summed E-state index contributed by atoms with van der Waals surface area (Å²) in [7, 11) is 0. The molecule has 0 fully saturated rings. The molecular weight excluding hydrogens is 336 g/mol. The molecule has 2 aromatic rings. The Kier molecular flexibility index (Phi) is 7.42. The Morgan fingerprint density at radius 2 is 1.81 bits per heavy atom. The van der Waals surface area contributed by atoms with Gasteiger partial charge in [-0.3, -0.25) is 14.4 Å². The maximum Gasteiger partial charge on any atom is 0.303 e. The molecule has 0 radical (unpaired) electrons. The minimum absolute atomic E-state index is 0.00774. The fourth-order valence-electron chi connectivity index (χ4n) is 2.45. The fourth-order valence-corrected chi connectivity index (χ4v) is 2.45. The van der Waals surface area contributed by atoms with E-state index < -0.39 is 5.97 Å². The molecule has 0 atom stereocenters. The first kappa shape index (κ1) is 19.2. The van der Waals surface area contributed by atoms with Gasteiger partial charge in [-0.2, -0.15) is 0 Å². The van der Waals surface area contributed by atoms with Gasteiger partial charge in [0.1, 0.15) is 0 Å². The van der Waals surface area contributed by atoms with E-state index in [1.54, 1.807) is 17.0 Å². The van der Waals surface area contributed by atoms with Gasteiger partial charge in [0.15, 0.2) is 5.76 Å². The van der Waals surface area contributed by atoms with Gasteiger partial charge in [0.25, 0.3) is 5.91 Å². The van der Waals surface area contributed by atoms with E-state index in [2.05, 4.69) is 5.32 Å². The van der Waals surface area contributed by atoms with E-state index in [0.717, 1.165) is 5.56 Å². The molecule has 1 aromatic heterocycles. The Labute approximate surface area is 151 Å². The van der Waals surface area contributed by atoms with Gasteiger partial charge in [-0.15, -0.1) is 0 Å². The Morgan fingerprint density at radius 1 is 1.04 bits per heavy atom. The topological polar surface area (TPSA) is 99.9 Å². The lowest BCUT2D eigenvalue weighted by Gasteiger charge is -2.23. The molecule has 26 heavy (non-hydrogen) atoms. The maximum absolute atomic E-state index is 12.5. The number of hydrogen-bond acceptors (Lipinski definition) is 4. The Morgan fingerprint density at radius 3 is 2.46 bits per heavy atom. The standard InChI is InChI=1S/C19H22N2O5/c22-17(10-11-20-19(25)16-8-5-13-26-16)21(12-4-9-18(23)24)14-15-6-2-1-3-7-15/h1-3,5-8,13H,4,9-12,14H2,(H,20,25)(H,23,24). The van der Waals surface area contributed by atoms with Crippen LogP contribution in [0.4, 0.5) is 0 Å². The fraction of sp³-hybridized carbons (Fsp3) is 0.316. The monoisotopic (exact) mass is 358 g/mol. The van der Waals surface area contributed by atoms with E-state index in [-0.39, 0.29) is 37.0 Å². The molecule has 0 bridgehead atoms. The number of benzene rings is 1. The van der Waals surface area contributed by atoms with Crippen molar-refractivity contribution in [2.24, 2.45) is 0 Å². The molecular formula is C19H22N2O5. The highest BCUT2D eigenvalue weighted by Crippen LogP contribution is 2.08. The van der Waals surface area contributed by atoms with Crippen molar-refractivity contribution in [1.82, 2.24) is 10.2 Å². The molecule has 0 aliphatic carbocycles. The number of aliphatic carboxylic acids is 1. The molecule has 2 amide bonds. The van der Waals surface area contributed by atoms with Crippen LogP contribution in [0.1, 0.15) is 35.4 Å². The van der Waals surface area contributed by atoms with Crippen LogP contribution in [-0.2, 0) is 16.1 Å². The zero-order valence-electron chi connectivity index (χ0n) is 14.4. The number of carboxylic acid groups (broad SMARTS) is 1. The summed E-state index contributed by atoms with van der Waals surface area (Å²) >= 11 is 0. The molecule has 7 heteroatoms. The summed E-state index contributed by atoms with van der Waals surface area (Å²) in [5.41, 5.74) is 0.968. The van der Waals surface area contributed by atoms with Crippen molar-refractivity contribution in [2.45, 2.75) is 25.8 Å². The summed E-state index contributed by atoms with van der Waals surface area (Å²) in [6.45, 7) is 0.945. The molecule has 1 heterocycles. The molecule has 0 aliphatic rings. The van der Waals surface area contributed by atoms with Crippen LogP contribution in [0.2, 0.25) is 0 Å². The minimum Gasteiger partial charge on any atom is -0.481 e. The smallest absolute Gasteiger partial charge is 0.303 e. The highest BCUT2D eigenvalue weighted by molar-refractivity contribution is 5.91. The first-order valence-corrected chi connectivity index (χ1v) is 8.41. The summed E-state index contributed by atoms with van der Waals surface area (Å²) in [5, 5.41) is 11.4. The minimum atomic E-state index is -0.886. The molecule has 0 spiro atoms. The van der Waals surface area contributed by atoms with Crippen LogP contribution in [0.15, 0.2) is 53.1 Å². The highest BCUT2D eigenvalue weighted by Gasteiger charge is 2.15. The molecule has 2 N–H and O–H groups in total. The largest absolute Gasteiger partial charge is 0.481 e. The van der Waals surface area contributed by atoms with Gasteiger partial charge in [0.2, 0.25) is 5.91 Å². The Bertz CT molecular complexity index is 713. The van der Waals surface area contributed by atoms with Gasteiger partial charge in [-0.25, -0.2) is 0 Å². The molecule has 7 nitrogen and oxygen atoms in total. The van der Waals surface area contributed by atoms with Crippen LogP contribution in [0.5, 0.6) is 0 Å². The number of nitrogens with zero attached hydrogens (tertiary/aromatic N) is 1. The lowest BCUT2D eigenvalue weighted by atomic mass is 10.2. The third kappa shape index (κ3) is 6.43. The van der Waals surface area contributed by atoms with Gasteiger partial charge in [0, 0.05) is 32.5 Å². The summed E-state index contributed by atoms with van der Waals surface area (Å²) < 4.78 is 4.99. The molecule has 0 unspecified atom stereocenters. The Balaban J connectivity index is 1.86. The van der Waals surface area contributed by atoms with Crippen LogP contribution < -0.4 is 5.32 Å². The number of furan rings is 1. The number of carbonyl (C=O) groups is 3. The summed E-state index contributed by atoms with van der Waals surface area (Å²) in [5.74, 6) is -1.20. The van der Waals surface area contributed by atoms with Gasteiger partial charge in [-0.05, 0) is 24.1 Å². The average Bonchev–Trinajstić information content (AvgIpc) is 3.16. The predicted octanol–water partition coefficient (Wildman–Crippen LogP) is 2.29. The van der Waals surface area contributed by atoms with Crippen molar-refractivity contribution in [2.75, 3.05) is 13.1 Å². The number of carbonyl (C=O) groups excluding carboxylic acids is 2. The normalized spacial score (nSPS) is 10.3.